The van der Waals surface area contributed by atoms with Gasteiger partial charge in [0.1, 0.15) is 0 Å². The van der Waals surface area contributed by atoms with Crippen LogP contribution in [0.4, 0.5) is 10.5 Å². The third kappa shape index (κ3) is 3.57. The van der Waals surface area contributed by atoms with E-state index in [-0.39, 0.29) is 0 Å². The minimum Gasteiger partial charge on any atom is -0.465 e. The van der Waals surface area contributed by atoms with Crippen LogP contribution in [0.1, 0.15) is 5.56 Å². The van der Waals surface area contributed by atoms with Gasteiger partial charge in [-0.25, -0.2) is 4.79 Å². The van der Waals surface area contributed by atoms with Crippen molar-refractivity contribution in [3.8, 4) is 0 Å². The molecule has 6 nitrogen and oxygen atoms in total. The molecule has 3 saturated heterocycles. The van der Waals surface area contributed by atoms with Gasteiger partial charge in [-0.3, -0.25) is 4.90 Å². The molecule has 1 amide bonds. The van der Waals surface area contributed by atoms with Crippen LogP contribution in [-0.2, 0) is 11.3 Å². The standard InChI is InChI=1S/C18H24ClN3O3/c19-17-7-16(21-3-5-25-6-4-21)2-1-13(17)8-20-9-14-11-22(18(23)24)12-15(14)10-20/h1-2,7,14-15H,3-6,8-12H2,(H,23,24). The minimum atomic E-state index is -0.789. The predicted molar refractivity (Wildman–Crippen MR) is 96.3 cm³/mol. The Bertz CT molecular complexity index is 636. The van der Waals surface area contributed by atoms with E-state index in [4.69, 9.17) is 21.4 Å². The first-order valence-corrected chi connectivity index (χ1v) is 9.29. The lowest BCUT2D eigenvalue weighted by atomic mass is 10.0. The van der Waals surface area contributed by atoms with Crippen LogP contribution in [0, 0.1) is 11.8 Å². The van der Waals surface area contributed by atoms with E-state index in [0.29, 0.717) is 24.9 Å². The van der Waals surface area contributed by atoms with Crippen LogP contribution < -0.4 is 4.90 Å². The van der Waals surface area contributed by atoms with Crippen molar-refractivity contribution in [1.82, 2.24) is 9.80 Å². The van der Waals surface area contributed by atoms with E-state index < -0.39 is 6.09 Å². The maximum Gasteiger partial charge on any atom is 0.407 e. The number of hydrogen-bond donors (Lipinski definition) is 1. The fourth-order valence-corrected chi connectivity index (χ4v) is 4.53. The summed E-state index contributed by atoms with van der Waals surface area (Å²) in [7, 11) is 0. The third-order valence-electron chi connectivity index (χ3n) is 5.64. The van der Waals surface area contributed by atoms with Gasteiger partial charge in [0.15, 0.2) is 0 Å². The Labute approximate surface area is 152 Å². The van der Waals surface area contributed by atoms with Gasteiger partial charge in [-0.1, -0.05) is 17.7 Å². The highest BCUT2D eigenvalue weighted by Crippen LogP contribution is 2.33. The van der Waals surface area contributed by atoms with Gasteiger partial charge in [0, 0.05) is 56.5 Å². The van der Waals surface area contributed by atoms with E-state index in [1.807, 2.05) is 0 Å². The molecule has 3 fully saturated rings. The zero-order valence-electron chi connectivity index (χ0n) is 14.2. The Morgan fingerprint density at radius 3 is 2.44 bits per heavy atom. The molecule has 0 aliphatic carbocycles. The molecule has 0 spiro atoms. The summed E-state index contributed by atoms with van der Waals surface area (Å²) in [6.07, 6.45) is -0.789. The lowest BCUT2D eigenvalue weighted by molar-refractivity contribution is 0.122. The highest BCUT2D eigenvalue weighted by Gasteiger charge is 2.41. The Morgan fingerprint density at radius 1 is 1.16 bits per heavy atom. The van der Waals surface area contributed by atoms with E-state index in [1.165, 1.54) is 0 Å². The summed E-state index contributed by atoms with van der Waals surface area (Å²) < 4.78 is 5.40. The van der Waals surface area contributed by atoms with Crippen LogP contribution in [0.5, 0.6) is 0 Å². The predicted octanol–water partition coefficient (Wildman–Crippen LogP) is 2.22. The Balaban J connectivity index is 1.37. The summed E-state index contributed by atoms with van der Waals surface area (Å²) >= 11 is 6.54. The molecule has 4 rings (SSSR count). The van der Waals surface area contributed by atoms with E-state index >= 15 is 0 Å². The molecule has 0 bridgehead atoms. The molecule has 2 atom stereocenters. The van der Waals surface area contributed by atoms with E-state index in [9.17, 15) is 4.79 Å². The van der Waals surface area contributed by atoms with E-state index in [2.05, 4.69) is 28.0 Å². The van der Waals surface area contributed by atoms with Gasteiger partial charge >= 0.3 is 6.09 Å². The second-order valence-electron chi connectivity index (χ2n) is 7.28. The largest absolute Gasteiger partial charge is 0.465 e. The van der Waals surface area contributed by atoms with Crippen molar-refractivity contribution in [3.63, 3.8) is 0 Å². The monoisotopic (exact) mass is 365 g/mol. The van der Waals surface area contributed by atoms with Gasteiger partial charge in [-0.2, -0.15) is 0 Å². The van der Waals surface area contributed by atoms with Crippen molar-refractivity contribution in [3.05, 3.63) is 28.8 Å². The summed E-state index contributed by atoms with van der Waals surface area (Å²) in [6, 6.07) is 6.34. The Kier molecular flexibility index (Phi) is 4.75. The van der Waals surface area contributed by atoms with E-state index in [1.54, 1.807) is 4.90 Å². The lowest BCUT2D eigenvalue weighted by Crippen LogP contribution is -2.36. The number of nitrogens with zero attached hydrogens (tertiary/aromatic N) is 3. The molecular formula is C18H24ClN3O3. The number of halogens is 1. The van der Waals surface area contributed by atoms with Crippen LogP contribution in [0.15, 0.2) is 18.2 Å². The second-order valence-corrected chi connectivity index (χ2v) is 7.68. The average Bonchev–Trinajstić information content (AvgIpc) is 3.16. The van der Waals surface area contributed by atoms with Gasteiger partial charge in [-0.15, -0.1) is 0 Å². The van der Waals surface area contributed by atoms with E-state index in [0.717, 1.165) is 62.2 Å². The number of ether oxygens (including phenoxy) is 1. The maximum absolute atomic E-state index is 11.1. The number of fused-ring (bicyclic) bond motifs is 1. The number of anilines is 1. The maximum atomic E-state index is 11.1. The Morgan fingerprint density at radius 2 is 1.84 bits per heavy atom. The van der Waals surface area contributed by atoms with Crippen molar-refractivity contribution in [2.45, 2.75) is 6.54 Å². The van der Waals surface area contributed by atoms with Gasteiger partial charge in [0.25, 0.3) is 0 Å². The van der Waals surface area contributed by atoms with Crippen LogP contribution in [-0.4, -0.2) is 73.5 Å². The molecule has 3 heterocycles. The molecule has 1 aromatic carbocycles. The summed E-state index contributed by atoms with van der Waals surface area (Å²) in [5.41, 5.74) is 2.31. The van der Waals surface area contributed by atoms with Crippen LogP contribution in [0.2, 0.25) is 5.02 Å². The molecule has 0 saturated carbocycles. The molecule has 3 aliphatic heterocycles. The summed E-state index contributed by atoms with van der Waals surface area (Å²) in [5.74, 6) is 0.921. The smallest absolute Gasteiger partial charge is 0.407 e. The van der Waals surface area contributed by atoms with Gasteiger partial charge in [-0.05, 0) is 29.5 Å². The number of hydrogen-bond acceptors (Lipinski definition) is 4. The molecule has 0 aromatic heterocycles. The Hall–Kier alpha value is -1.50. The van der Waals surface area contributed by atoms with Gasteiger partial charge in [0.05, 0.1) is 13.2 Å². The SMILES string of the molecule is O=C(O)N1CC2CN(Cc3ccc(N4CCOCC4)cc3Cl)CC2C1. The van der Waals surface area contributed by atoms with Crippen LogP contribution in [0.3, 0.4) is 0 Å². The molecule has 136 valence electrons. The van der Waals surface area contributed by atoms with Crippen molar-refractivity contribution in [2.24, 2.45) is 11.8 Å². The fraction of sp³-hybridized carbons (Fsp3) is 0.611. The number of morpholine rings is 1. The van der Waals surface area contributed by atoms with Gasteiger partial charge < -0.3 is 19.6 Å². The molecule has 3 aliphatic rings. The van der Waals surface area contributed by atoms with Crippen molar-refractivity contribution in [2.75, 3.05) is 57.4 Å². The summed E-state index contributed by atoms with van der Waals surface area (Å²) in [6.45, 7) is 7.43. The number of likely N-dealkylation sites (tertiary alicyclic amines) is 2. The number of rotatable bonds is 3. The lowest BCUT2D eigenvalue weighted by Gasteiger charge is -2.29. The number of amides is 1. The fourth-order valence-electron chi connectivity index (χ4n) is 4.30. The summed E-state index contributed by atoms with van der Waals surface area (Å²) in [4.78, 5) is 17.4. The highest BCUT2D eigenvalue weighted by molar-refractivity contribution is 6.31. The molecule has 25 heavy (non-hydrogen) atoms. The summed E-state index contributed by atoms with van der Waals surface area (Å²) in [5, 5.41) is 9.94. The molecule has 2 unspecified atom stereocenters. The first-order valence-electron chi connectivity index (χ1n) is 8.91. The minimum absolute atomic E-state index is 0.461. The number of benzene rings is 1. The number of carbonyl (C=O) groups is 1. The molecule has 7 heteroatoms. The van der Waals surface area contributed by atoms with Crippen molar-refractivity contribution in [1.29, 1.82) is 0 Å². The van der Waals surface area contributed by atoms with Crippen molar-refractivity contribution < 1.29 is 14.6 Å². The zero-order valence-corrected chi connectivity index (χ0v) is 15.0. The van der Waals surface area contributed by atoms with Crippen LogP contribution >= 0.6 is 11.6 Å². The highest BCUT2D eigenvalue weighted by atomic mass is 35.5. The average molecular weight is 366 g/mol. The first kappa shape index (κ1) is 16.9. The first-order chi connectivity index (χ1) is 12.1. The normalized spacial score (nSPS) is 26.9. The molecule has 1 N–H and O–H groups in total. The quantitative estimate of drug-likeness (QED) is 0.890. The number of carboxylic acid groups (broad SMARTS) is 1. The zero-order chi connectivity index (χ0) is 17.4. The molecule has 0 radical (unpaired) electrons. The molecule has 1 aromatic rings. The second kappa shape index (κ2) is 7.02. The van der Waals surface area contributed by atoms with Crippen LogP contribution in [0.25, 0.3) is 0 Å². The molecular weight excluding hydrogens is 342 g/mol. The van der Waals surface area contributed by atoms with Gasteiger partial charge in [0.2, 0.25) is 0 Å². The third-order valence-corrected chi connectivity index (χ3v) is 5.99. The topological polar surface area (TPSA) is 56.2 Å². The van der Waals surface area contributed by atoms with Crippen molar-refractivity contribution >= 4 is 23.4 Å².